The molecule has 3 rings (SSSR count). The molecule has 1 saturated carbocycles. The molecule has 0 saturated heterocycles. The lowest BCUT2D eigenvalue weighted by Crippen LogP contribution is -2.17. The van der Waals surface area contributed by atoms with Crippen LogP contribution in [0.25, 0.3) is 0 Å². The molecule has 0 atom stereocenters. The molecule has 2 aromatic rings. The Kier molecular flexibility index (Phi) is 4.42. The second-order valence-electron chi connectivity index (χ2n) is 6.23. The minimum atomic E-state index is 0.743. The van der Waals surface area contributed by atoms with E-state index < -0.39 is 0 Å². The number of aryl methyl sites for hydroxylation is 1. The van der Waals surface area contributed by atoms with Crippen LogP contribution in [-0.4, -0.2) is 18.0 Å². The van der Waals surface area contributed by atoms with Crippen LogP contribution in [0.4, 0.5) is 0 Å². The highest BCUT2D eigenvalue weighted by molar-refractivity contribution is 5.21. The minimum Gasteiger partial charge on any atom is -0.468 e. The quantitative estimate of drug-likeness (QED) is 0.844. The summed E-state index contributed by atoms with van der Waals surface area (Å²) in [5, 5.41) is 3.51. The summed E-state index contributed by atoms with van der Waals surface area (Å²) in [6, 6.07) is 11.6. The molecule has 1 fully saturated rings. The van der Waals surface area contributed by atoms with Crippen molar-refractivity contribution in [2.75, 3.05) is 7.05 Å². The zero-order valence-electron chi connectivity index (χ0n) is 12.9. The van der Waals surface area contributed by atoms with E-state index in [0.717, 1.165) is 31.4 Å². The number of rotatable bonds is 7. The number of hydrogen-bond acceptors (Lipinski definition) is 3. The predicted octanol–water partition coefficient (Wildman–Crippen LogP) is 3.47. The molecule has 21 heavy (non-hydrogen) atoms. The maximum Gasteiger partial charge on any atom is 0.118 e. The Hall–Kier alpha value is -1.58. The Balaban J connectivity index is 1.49. The van der Waals surface area contributed by atoms with Crippen molar-refractivity contribution < 1.29 is 4.42 Å². The molecule has 1 N–H and O–H groups in total. The van der Waals surface area contributed by atoms with E-state index in [1.165, 1.54) is 29.5 Å². The molecule has 0 spiro atoms. The fraction of sp³-hybridized carbons (Fsp3) is 0.444. The van der Waals surface area contributed by atoms with Gasteiger partial charge in [0.15, 0.2) is 0 Å². The number of benzene rings is 1. The highest BCUT2D eigenvalue weighted by Gasteiger charge is 2.20. The van der Waals surface area contributed by atoms with Crippen LogP contribution in [0, 0.1) is 6.92 Å². The third-order valence-electron chi connectivity index (χ3n) is 3.88. The van der Waals surface area contributed by atoms with Gasteiger partial charge in [-0.25, -0.2) is 0 Å². The maximum atomic E-state index is 5.66. The first-order valence-electron chi connectivity index (χ1n) is 7.73. The zero-order valence-corrected chi connectivity index (χ0v) is 12.9. The van der Waals surface area contributed by atoms with E-state index in [-0.39, 0.29) is 0 Å². The van der Waals surface area contributed by atoms with Crippen molar-refractivity contribution in [2.24, 2.45) is 0 Å². The van der Waals surface area contributed by atoms with Crippen LogP contribution in [0.5, 0.6) is 0 Å². The smallest absolute Gasteiger partial charge is 0.118 e. The Morgan fingerprint density at radius 1 is 1.14 bits per heavy atom. The average molecular weight is 284 g/mol. The molecule has 1 aromatic carbocycles. The van der Waals surface area contributed by atoms with Crippen molar-refractivity contribution in [3.63, 3.8) is 0 Å². The van der Waals surface area contributed by atoms with Crippen LogP contribution in [0.3, 0.4) is 0 Å². The molecular weight excluding hydrogens is 260 g/mol. The van der Waals surface area contributed by atoms with E-state index in [1.807, 2.05) is 6.26 Å². The van der Waals surface area contributed by atoms with Crippen molar-refractivity contribution in [3.05, 3.63) is 59.0 Å². The third-order valence-corrected chi connectivity index (χ3v) is 3.88. The Morgan fingerprint density at radius 3 is 2.62 bits per heavy atom. The second kappa shape index (κ2) is 6.46. The van der Waals surface area contributed by atoms with E-state index in [4.69, 9.17) is 4.42 Å². The second-order valence-corrected chi connectivity index (χ2v) is 6.23. The van der Waals surface area contributed by atoms with Gasteiger partial charge in [-0.15, -0.1) is 0 Å². The van der Waals surface area contributed by atoms with Gasteiger partial charge in [-0.1, -0.05) is 29.8 Å². The number of furan rings is 1. The van der Waals surface area contributed by atoms with Gasteiger partial charge in [0.1, 0.15) is 5.76 Å². The molecule has 0 radical (unpaired) electrons. The molecule has 0 bridgehead atoms. The van der Waals surface area contributed by atoms with E-state index in [0.29, 0.717) is 0 Å². The summed E-state index contributed by atoms with van der Waals surface area (Å²) in [5.41, 5.74) is 3.89. The van der Waals surface area contributed by atoms with E-state index >= 15 is 0 Å². The van der Waals surface area contributed by atoms with Gasteiger partial charge >= 0.3 is 0 Å². The highest BCUT2D eigenvalue weighted by Crippen LogP contribution is 2.20. The van der Waals surface area contributed by atoms with Crippen molar-refractivity contribution in [1.29, 1.82) is 0 Å². The molecule has 0 aliphatic heterocycles. The van der Waals surface area contributed by atoms with Crippen LogP contribution < -0.4 is 5.32 Å². The monoisotopic (exact) mass is 284 g/mol. The van der Waals surface area contributed by atoms with Gasteiger partial charge in [0, 0.05) is 24.7 Å². The summed E-state index contributed by atoms with van der Waals surface area (Å²) >= 11 is 0. The fourth-order valence-electron chi connectivity index (χ4n) is 2.48. The van der Waals surface area contributed by atoms with Crippen LogP contribution >= 0.6 is 0 Å². The first-order chi connectivity index (χ1) is 10.2. The van der Waals surface area contributed by atoms with Crippen LogP contribution in [-0.2, 0) is 19.6 Å². The van der Waals surface area contributed by atoms with Gasteiger partial charge in [-0.05, 0) is 38.4 Å². The summed E-state index contributed by atoms with van der Waals surface area (Å²) in [6.45, 7) is 4.83. The molecule has 1 aliphatic carbocycles. The standard InChI is InChI=1S/C18H24N2O/c1-14-3-5-15(6-4-14)11-20(2)12-18-9-16(13-21-18)10-19-17-7-8-17/h3-6,9,13,17,19H,7-8,10-12H2,1-2H3. The Bertz CT molecular complexity index is 569. The molecule has 1 heterocycles. The Labute approximate surface area is 127 Å². The van der Waals surface area contributed by atoms with Crippen molar-refractivity contribution in [1.82, 2.24) is 10.2 Å². The van der Waals surface area contributed by atoms with Crippen LogP contribution in [0.15, 0.2) is 41.0 Å². The zero-order chi connectivity index (χ0) is 14.7. The average Bonchev–Trinajstić information content (AvgIpc) is 3.19. The first kappa shape index (κ1) is 14.4. The number of hydrogen-bond donors (Lipinski definition) is 1. The van der Waals surface area contributed by atoms with Crippen molar-refractivity contribution in [3.8, 4) is 0 Å². The lowest BCUT2D eigenvalue weighted by molar-refractivity contribution is 0.288. The lowest BCUT2D eigenvalue weighted by Gasteiger charge is -2.15. The minimum absolute atomic E-state index is 0.743. The molecule has 0 unspecified atom stereocenters. The van der Waals surface area contributed by atoms with Gasteiger partial charge < -0.3 is 9.73 Å². The molecule has 0 amide bonds. The van der Waals surface area contributed by atoms with Crippen LogP contribution in [0.1, 0.15) is 35.3 Å². The molecule has 1 aliphatic rings. The van der Waals surface area contributed by atoms with Gasteiger partial charge in [0.2, 0.25) is 0 Å². The third kappa shape index (κ3) is 4.45. The molecule has 112 valence electrons. The molecule has 3 nitrogen and oxygen atoms in total. The van der Waals surface area contributed by atoms with E-state index in [9.17, 15) is 0 Å². The maximum absolute atomic E-state index is 5.66. The van der Waals surface area contributed by atoms with Crippen molar-refractivity contribution in [2.45, 2.75) is 45.4 Å². The highest BCUT2D eigenvalue weighted by atomic mass is 16.3. The first-order valence-corrected chi connectivity index (χ1v) is 7.73. The summed E-state index contributed by atoms with van der Waals surface area (Å²) in [7, 11) is 2.13. The summed E-state index contributed by atoms with van der Waals surface area (Å²) < 4.78 is 5.66. The molecular formula is C18H24N2O. The SMILES string of the molecule is Cc1ccc(CN(C)Cc2cc(CNC3CC3)co2)cc1. The van der Waals surface area contributed by atoms with E-state index in [1.54, 1.807) is 0 Å². The van der Waals surface area contributed by atoms with E-state index in [2.05, 4.69) is 54.5 Å². The topological polar surface area (TPSA) is 28.4 Å². The van der Waals surface area contributed by atoms with Crippen molar-refractivity contribution >= 4 is 0 Å². The lowest BCUT2D eigenvalue weighted by atomic mass is 10.1. The normalized spacial score (nSPS) is 14.8. The van der Waals surface area contributed by atoms with Crippen LogP contribution in [0.2, 0.25) is 0 Å². The van der Waals surface area contributed by atoms with Gasteiger partial charge in [0.05, 0.1) is 12.8 Å². The largest absolute Gasteiger partial charge is 0.468 e. The summed E-state index contributed by atoms with van der Waals surface area (Å²) in [5.74, 6) is 1.04. The molecule has 1 aromatic heterocycles. The number of nitrogens with one attached hydrogen (secondary N) is 1. The fourth-order valence-corrected chi connectivity index (χ4v) is 2.48. The predicted molar refractivity (Wildman–Crippen MR) is 84.9 cm³/mol. The molecule has 3 heteroatoms. The van der Waals surface area contributed by atoms with Gasteiger partial charge in [0.25, 0.3) is 0 Å². The van der Waals surface area contributed by atoms with Gasteiger partial charge in [-0.3, -0.25) is 4.90 Å². The summed E-state index contributed by atoms with van der Waals surface area (Å²) in [4.78, 5) is 2.28. The Morgan fingerprint density at radius 2 is 1.90 bits per heavy atom. The summed E-state index contributed by atoms with van der Waals surface area (Å²) in [6.07, 6.45) is 4.53. The van der Waals surface area contributed by atoms with Gasteiger partial charge in [-0.2, -0.15) is 0 Å². The number of nitrogens with zero attached hydrogens (tertiary/aromatic N) is 1.